The molecule has 3 fully saturated rings. The summed E-state index contributed by atoms with van der Waals surface area (Å²) < 4.78 is 19.0. The van der Waals surface area contributed by atoms with Gasteiger partial charge in [0.1, 0.15) is 17.7 Å². The highest BCUT2D eigenvalue weighted by Crippen LogP contribution is 2.36. The van der Waals surface area contributed by atoms with Crippen LogP contribution in [0.2, 0.25) is 0 Å². The number of nitrogens with one attached hydrogen (secondary N) is 1. The molecular formula is C30H37N5O3. The number of fused-ring (bicyclic) bond motifs is 2. The van der Waals surface area contributed by atoms with Crippen LogP contribution in [0.25, 0.3) is 11.2 Å². The fourth-order valence-corrected chi connectivity index (χ4v) is 4.97. The number of hydrogen-bond donors (Lipinski definition) is 1. The molecule has 4 aromatic rings. The van der Waals surface area contributed by atoms with Gasteiger partial charge < -0.3 is 19.2 Å². The van der Waals surface area contributed by atoms with Gasteiger partial charge in [0.15, 0.2) is 17.4 Å². The lowest BCUT2D eigenvalue weighted by molar-refractivity contribution is -0.0647. The standard InChI is InChI=1S/C25H29N5O2.C5H8O/c1-4-26-23-21-24(30(17-27-23)25(31-3)20-13-9-6-10-14-20)29-22(28-21)18(2)15-32-16-19-11-7-5-8-12-19;1-2-5-3-4(1)6-5/h5-14,17-18,25H,4,15-16H2,1-3H3,(H,28,29);4-5H,1-3H2. The highest BCUT2D eigenvalue weighted by atomic mass is 16.5. The minimum atomic E-state index is -0.345. The molecule has 2 aromatic heterocycles. The zero-order valence-corrected chi connectivity index (χ0v) is 22.4. The number of imidazole rings is 1. The minimum Gasteiger partial charge on any atom is -0.376 e. The number of nitrogens with zero attached hydrogens (tertiary/aromatic N) is 4. The topological polar surface area (TPSA) is 86.6 Å². The summed E-state index contributed by atoms with van der Waals surface area (Å²) in [5.41, 5.74) is 4.39. The van der Waals surface area contributed by atoms with E-state index in [-0.39, 0.29) is 12.1 Å². The van der Waals surface area contributed by atoms with Gasteiger partial charge in [-0.15, -0.1) is 0 Å². The van der Waals surface area contributed by atoms with Crippen molar-refractivity contribution in [3.63, 3.8) is 0 Å². The molecule has 200 valence electrons. The Morgan fingerprint density at radius 3 is 2.37 bits per heavy atom. The Labute approximate surface area is 223 Å². The van der Waals surface area contributed by atoms with Crippen LogP contribution in [0.3, 0.4) is 0 Å². The predicted octanol–water partition coefficient (Wildman–Crippen LogP) is 5.13. The van der Waals surface area contributed by atoms with E-state index in [2.05, 4.69) is 34.0 Å². The van der Waals surface area contributed by atoms with Crippen molar-refractivity contribution >= 4 is 11.2 Å². The van der Waals surface area contributed by atoms with Gasteiger partial charge in [-0.2, -0.15) is 0 Å². The van der Waals surface area contributed by atoms with Crippen molar-refractivity contribution in [3.05, 3.63) is 89.4 Å². The average molecular weight is 516 g/mol. The number of H-pyrrole nitrogens is 1. The normalized spacial score (nSPS) is 20.0. The fourth-order valence-electron chi connectivity index (χ4n) is 4.97. The highest BCUT2D eigenvalue weighted by molar-refractivity contribution is 5.70. The second kappa shape index (κ2) is 12.5. The molecule has 2 aliphatic heterocycles. The van der Waals surface area contributed by atoms with Gasteiger partial charge >= 0.3 is 0 Å². The Morgan fingerprint density at radius 1 is 1.08 bits per heavy atom. The van der Waals surface area contributed by atoms with Crippen molar-refractivity contribution in [1.82, 2.24) is 19.5 Å². The molecule has 0 radical (unpaired) electrons. The maximum absolute atomic E-state index is 5.95. The molecule has 1 aliphatic carbocycles. The van der Waals surface area contributed by atoms with E-state index in [4.69, 9.17) is 19.2 Å². The Bertz CT molecular complexity index is 1350. The Balaban J connectivity index is 0.000000424. The van der Waals surface area contributed by atoms with E-state index in [9.17, 15) is 0 Å². The maximum Gasteiger partial charge on any atom is 0.176 e. The predicted molar refractivity (Wildman–Crippen MR) is 147 cm³/mol. The Morgan fingerprint density at radius 2 is 1.76 bits per heavy atom. The summed E-state index contributed by atoms with van der Waals surface area (Å²) >= 11 is 0. The summed E-state index contributed by atoms with van der Waals surface area (Å²) in [4.78, 5) is 17.5. The van der Waals surface area contributed by atoms with E-state index in [1.807, 2.05) is 60.0 Å². The summed E-state index contributed by atoms with van der Waals surface area (Å²) in [7, 11) is 1.69. The monoisotopic (exact) mass is 515 g/mol. The van der Waals surface area contributed by atoms with Crippen molar-refractivity contribution in [2.24, 2.45) is 4.99 Å². The fraction of sp³-hybridized carbons (Fsp3) is 0.433. The van der Waals surface area contributed by atoms with Crippen LogP contribution >= 0.6 is 0 Å². The van der Waals surface area contributed by atoms with E-state index in [1.165, 1.54) is 19.3 Å². The summed E-state index contributed by atoms with van der Waals surface area (Å²) in [5, 5.41) is 0. The van der Waals surface area contributed by atoms with Gasteiger partial charge in [0.05, 0.1) is 25.4 Å². The molecular weight excluding hydrogens is 478 g/mol. The number of aromatic amines is 1. The molecule has 0 spiro atoms. The van der Waals surface area contributed by atoms with Crippen molar-refractivity contribution in [3.8, 4) is 0 Å². The molecule has 4 heterocycles. The molecule has 4 atom stereocenters. The van der Waals surface area contributed by atoms with Crippen molar-refractivity contribution < 1.29 is 14.2 Å². The van der Waals surface area contributed by atoms with E-state index in [1.54, 1.807) is 13.4 Å². The third kappa shape index (κ3) is 6.04. The number of aromatic nitrogens is 4. The average Bonchev–Trinajstić information content (AvgIpc) is 3.70. The van der Waals surface area contributed by atoms with Crippen LogP contribution in [0.5, 0.6) is 0 Å². The number of benzene rings is 2. The first-order valence-electron chi connectivity index (χ1n) is 13.5. The zero-order valence-electron chi connectivity index (χ0n) is 22.4. The Hall–Kier alpha value is -3.33. The number of methoxy groups -OCH3 is 1. The van der Waals surface area contributed by atoms with Gasteiger partial charge in [-0.05, 0) is 31.7 Å². The second-order valence-corrected chi connectivity index (χ2v) is 9.86. The lowest BCUT2D eigenvalue weighted by atomic mass is 10.2. The van der Waals surface area contributed by atoms with Crippen LogP contribution < -0.4 is 5.49 Å². The van der Waals surface area contributed by atoms with E-state index < -0.39 is 0 Å². The minimum absolute atomic E-state index is 0.0757. The van der Waals surface area contributed by atoms with Crippen LogP contribution in [0.1, 0.15) is 62.2 Å². The summed E-state index contributed by atoms with van der Waals surface area (Å²) in [5.74, 6) is 0.914. The van der Waals surface area contributed by atoms with Gasteiger partial charge in [0.25, 0.3) is 0 Å². The van der Waals surface area contributed by atoms with E-state index in [0.29, 0.717) is 37.5 Å². The maximum atomic E-state index is 5.95. The van der Waals surface area contributed by atoms with E-state index in [0.717, 1.165) is 28.1 Å². The molecule has 8 heteroatoms. The van der Waals surface area contributed by atoms with Crippen molar-refractivity contribution in [2.75, 3.05) is 20.3 Å². The number of rotatable bonds is 9. The van der Waals surface area contributed by atoms with E-state index >= 15 is 0 Å². The molecule has 1 saturated carbocycles. The first kappa shape index (κ1) is 26.3. The Kier molecular flexibility index (Phi) is 8.63. The third-order valence-electron chi connectivity index (χ3n) is 7.01. The van der Waals surface area contributed by atoms with Crippen molar-refractivity contribution in [1.29, 1.82) is 0 Å². The summed E-state index contributed by atoms with van der Waals surface area (Å²) in [6.07, 6.45) is 6.82. The lowest BCUT2D eigenvalue weighted by Crippen LogP contribution is -2.25. The van der Waals surface area contributed by atoms with Crippen LogP contribution in [-0.2, 0) is 20.8 Å². The van der Waals surface area contributed by atoms with Gasteiger partial charge in [0, 0.05) is 25.1 Å². The molecule has 4 unspecified atom stereocenters. The molecule has 2 bridgehead atoms. The molecule has 3 aliphatic rings. The van der Waals surface area contributed by atoms with Crippen LogP contribution in [0, 0.1) is 0 Å². The molecule has 2 saturated heterocycles. The quantitative estimate of drug-likeness (QED) is 0.334. The summed E-state index contributed by atoms with van der Waals surface area (Å²) in [6.45, 7) is 5.86. The van der Waals surface area contributed by atoms with Gasteiger partial charge in [-0.25, -0.2) is 9.97 Å². The van der Waals surface area contributed by atoms with Gasteiger partial charge in [-0.1, -0.05) is 67.6 Å². The molecule has 7 rings (SSSR count). The first-order valence-corrected chi connectivity index (χ1v) is 13.5. The molecule has 38 heavy (non-hydrogen) atoms. The number of ether oxygens (including phenoxy) is 3. The van der Waals surface area contributed by atoms with Gasteiger partial charge in [-0.3, -0.25) is 9.56 Å². The summed E-state index contributed by atoms with van der Waals surface area (Å²) in [6, 6.07) is 20.2. The molecule has 1 N–H and O–H groups in total. The zero-order chi connectivity index (χ0) is 26.3. The SMILES string of the molecule is C1CC2CC1O2.CCN=c1ncn(C(OC)c2ccccc2)c2nc(C(C)COCc3ccccc3)[nH]c12. The van der Waals surface area contributed by atoms with Gasteiger partial charge in [0.2, 0.25) is 0 Å². The van der Waals surface area contributed by atoms with Crippen molar-refractivity contribution in [2.45, 2.75) is 64.1 Å². The molecule has 8 nitrogen and oxygen atoms in total. The molecule has 0 amide bonds. The second-order valence-electron chi connectivity index (χ2n) is 9.86. The third-order valence-corrected chi connectivity index (χ3v) is 7.01. The van der Waals surface area contributed by atoms with Crippen LogP contribution in [0.4, 0.5) is 0 Å². The van der Waals surface area contributed by atoms with Crippen LogP contribution in [0.15, 0.2) is 72.0 Å². The largest absolute Gasteiger partial charge is 0.376 e. The number of hydrogen-bond acceptors (Lipinski definition) is 6. The first-order chi connectivity index (χ1) is 18.7. The smallest absolute Gasteiger partial charge is 0.176 e. The molecule has 2 aromatic carbocycles. The van der Waals surface area contributed by atoms with Crippen LogP contribution in [-0.4, -0.2) is 52.0 Å². The lowest BCUT2D eigenvalue weighted by Gasteiger charge is -2.23. The highest BCUT2D eigenvalue weighted by Gasteiger charge is 2.36.